The molecule has 1 radical (unpaired) electrons. The van der Waals surface area contributed by atoms with Crippen LogP contribution in [0.4, 0.5) is 0 Å². The van der Waals surface area contributed by atoms with Gasteiger partial charge < -0.3 is 4.52 Å². The third-order valence-electron chi connectivity index (χ3n) is 6.34. The lowest BCUT2D eigenvalue weighted by Crippen LogP contribution is -2.09. The van der Waals surface area contributed by atoms with Crippen molar-refractivity contribution in [3.8, 4) is 22.6 Å². The summed E-state index contributed by atoms with van der Waals surface area (Å²) >= 11 is 0. The molecule has 0 fully saturated rings. The first kappa shape index (κ1) is 24.9. The maximum absolute atomic E-state index is 5.49. The van der Waals surface area contributed by atoms with Crippen LogP contribution in [0.5, 0.6) is 0 Å². The Morgan fingerprint density at radius 2 is 1.31 bits per heavy atom. The highest BCUT2D eigenvalue weighted by Crippen LogP contribution is 2.20. The van der Waals surface area contributed by atoms with Crippen molar-refractivity contribution in [1.82, 2.24) is 15.5 Å². The third-order valence-corrected chi connectivity index (χ3v) is 6.34. The second-order valence-electron chi connectivity index (χ2n) is 9.15. The van der Waals surface area contributed by atoms with Crippen molar-refractivity contribution in [2.75, 3.05) is 6.54 Å². The summed E-state index contributed by atoms with van der Waals surface area (Å²) < 4.78 is 5.49. The molecule has 4 nitrogen and oxygen atoms in total. The van der Waals surface area contributed by atoms with Gasteiger partial charge in [-0.05, 0) is 47.2 Å². The molecule has 0 aliphatic heterocycles. The molecule has 1 heterocycles. The summed E-state index contributed by atoms with van der Waals surface area (Å²) in [6.45, 7) is 3.78. The minimum atomic E-state index is 0.605. The van der Waals surface area contributed by atoms with Crippen molar-refractivity contribution < 1.29 is 4.52 Å². The zero-order valence-electron chi connectivity index (χ0n) is 20.8. The Bertz CT molecular complexity index is 1120. The second kappa shape index (κ2) is 13.6. The van der Waals surface area contributed by atoms with E-state index in [2.05, 4.69) is 89.9 Å². The molecule has 4 heteroatoms. The zero-order chi connectivity index (χ0) is 24.1. The minimum absolute atomic E-state index is 0.605. The number of hydrogen-bond acceptors (Lipinski definition) is 3. The van der Waals surface area contributed by atoms with Gasteiger partial charge in [-0.3, -0.25) is 0 Å². The maximum Gasteiger partial charge on any atom is 0.257 e. The largest absolute Gasteiger partial charge is 0.334 e. The highest BCUT2D eigenvalue weighted by atomic mass is 16.5. The van der Waals surface area contributed by atoms with Gasteiger partial charge in [0.05, 0.1) is 0 Å². The van der Waals surface area contributed by atoms with E-state index in [-0.39, 0.29) is 0 Å². The number of aryl methyl sites for hydroxylation is 1. The van der Waals surface area contributed by atoms with Crippen LogP contribution < -0.4 is 5.32 Å². The van der Waals surface area contributed by atoms with Crippen molar-refractivity contribution in [3.05, 3.63) is 95.8 Å². The molecule has 4 rings (SSSR count). The average molecular weight is 467 g/mol. The van der Waals surface area contributed by atoms with Crippen LogP contribution in [0.2, 0.25) is 0 Å². The van der Waals surface area contributed by atoms with Crippen molar-refractivity contribution in [1.29, 1.82) is 0 Å². The van der Waals surface area contributed by atoms with Gasteiger partial charge in [0.25, 0.3) is 5.89 Å². The molecule has 35 heavy (non-hydrogen) atoms. The number of unbranched alkanes of at least 4 members (excludes halogenated alkanes) is 5. The fourth-order valence-electron chi connectivity index (χ4n) is 4.20. The Morgan fingerprint density at radius 1 is 0.657 bits per heavy atom. The molecule has 0 atom stereocenters. The van der Waals surface area contributed by atoms with Gasteiger partial charge in [-0.1, -0.05) is 111 Å². The summed E-state index contributed by atoms with van der Waals surface area (Å²) in [6.07, 6.45) is 9.45. The highest BCUT2D eigenvalue weighted by Gasteiger charge is 2.09. The summed E-state index contributed by atoms with van der Waals surface area (Å²) in [5.74, 6) is 1.42. The van der Waals surface area contributed by atoms with Crippen LogP contribution in [0.15, 0.2) is 83.4 Å². The van der Waals surface area contributed by atoms with Gasteiger partial charge in [0.2, 0.25) is 0 Å². The van der Waals surface area contributed by atoms with Gasteiger partial charge in [0.1, 0.15) is 0 Å². The zero-order valence-corrected chi connectivity index (χ0v) is 20.8. The van der Waals surface area contributed by atoms with E-state index in [0.717, 1.165) is 43.7 Å². The summed E-state index contributed by atoms with van der Waals surface area (Å²) in [7, 11) is 0. The molecule has 4 aromatic rings. The lowest BCUT2D eigenvalue weighted by Gasteiger charge is -2.06. The fourth-order valence-corrected chi connectivity index (χ4v) is 4.20. The predicted molar refractivity (Wildman–Crippen MR) is 143 cm³/mol. The van der Waals surface area contributed by atoms with Gasteiger partial charge in [-0.2, -0.15) is 4.98 Å². The van der Waals surface area contributed by atoms with E-state index in [0.29, 0.717) is 5.89 Å². The first-order valence-electron chi connectivity index (χ1n) is 13.0. The van der Waals surface area contributed by atoms with Crippen molar-refractivity contribution in [3.63, 3.8) is 0 Å². The normalized spacial score (nSPS) is 11.1. The van der Waals surface area contributed by atoms with Crippen LogP contribution in [-0.4, -0.2) is 16.7 Å². The van der Waals surface area contributed by atoms with E-state index >= 15 is 0 Å². The van der Waals surface area contributed by atoms with Gasteiger partial charge in [-0.25, -0.2) is 5.32 Å². The van der Waals surface area contributed by atoms with Crippen molar-refractivity contribution in [2.45, 2.75) is 64.8 Å². The molecular formula is C31H36N3O. The molecular weight excluding hydrogens is 430 g/mol. The molecule has 0 bridgehead atoms. The summed E-state index contributed by atoms with van der Waals surface area (Å²) in [5.41, 5.74) is 5.98. The van der Waals surface area contributed by atoms with E-state index in [1.54, 1.807) is 0 Å². The molecule has 0 aliphatic carbocycles. The quantitative estimate of drug-likeness (QED) is 0.179. The monoisotopic (exact) mass is 466 g/mol. The molecule has 3 aromatic carbocycles. The molecule has 0 aliphatic rings. The number of aromatic nitrogens is 2. The third kappa shape index (κ3) is 7.90. The maximum atomic E-state index is 5.49. The van der Waals surface area contributed by atoms with Crippen molar-refractivity contribution >= 4 is 0 Å². The topological polar surface area (TPSA) is 53.0 Å². The lowest BCUT2D eigenvalue weighted by atomic mass is 10.0. The van der Waals surface area contributed by atoms with Gasteiger partial charge >= 0.3 is 0 Å². The Hall–Kier alpha value is -3.24. The van der Waals surface area contributed by atoms with Crippen LogP contribution in [0, 0.1) is 0 Å². The number of rotatable bonds is 14. The lowest BCUT2D eigenvalue weighted by molar-refractivity contribution is 0.421. The average Bonchev–Trinajstić information content (AvgIpc) is 3.39. The van der Waals surface area contributed by atoms with Crippen LogP contribution in [0.1, 0.15) is 62.4 Å². The molecule has 1 aromatic heterocycles. The first-order valence-corrected chi connectivity index (χ1v) is 13.0. The van der Waals surface area contributed by atoms with E-state index in [1.165, 1.54) is 54.4 Å². The molecule has 0 amide bonds. The van der Waals surface area contributed by atoms with E-state index in [4.69, 9.17) is 9.84 Å². The molecule has 0 unspecified atom stereocenters. The molecule has 0 N–H and O–H groups in total. The van der Waals surface area contributed by atoms with E-state index in [9.17, 15) is 0 Å². The Morgan fingerprint density at radius 3 is 2.09 bits per heavy atom. The molecule has 0 spiro atoms. The van der Waals surface area contributed by atoms with Crippen LogP contribution in [0.25, 0.3) is 22.6 Å². The number of hydrogen-bond donors (Lipinski definition) is 0. The van der Waals surface area contributed by atoms with E-state index in [1.807, 2.05) is 6.07 Å². The summed E-state index contributed by atoms with van der Waals surface area (Å²) in [5, 5.41) is 8.89. The van der Waals surface area contributed by atoms with Gasteiger partial charge in [0, 0.05) is 25.1 Å². The van der Waals surface area contributed by atoms with Crippen LogP contribution >= 0.6 is 0 Å². The fraction of sp³-hybridized carbons (Fsp3) is 0.355. The number of nitrogens with zero attached hydrogens (tertiary/aromatic N) is 3. The Kier molecular flexibility index (Phi) is 9.66. The molecule has 181 valence electrons. The van der Waals surface area contributed by atoms with Crippen molar-refractivity contribution in [2.24, 2.45) is 0 Å². The Labute approximate surface area is 209 Å². The van der Waals surface area contributed by atoms with Gasteiger partial charge in [0.15, 0.2) is 5.82 Å². The SMILES string of the molecule is CCCCCCCCc1noc(-c2ccc(C[N]CCc3ccc(-c4ccccc4)cc3)cc2)n1. The molecule has 0 saturated carbocycles. The minimum Gasteiger partial charge on any atom is -0.334 e. The van der Waals surface area contributed by atoms with Crippen LogP contribution in [-0.2, 0) is 19.4 Å². The predicted octanol–water partition coefficient (Wildman–Crippen LogP) is 7.65. The van der Waals surface area contributed by atoms with Gasteiger partial charge in [-0.15, -0.1) is 0 Å². The smallest absolute Gasteiger partial charge is 0.257 e. The van der Waals surface area contributed by atoms with Crippen LogP contribution in [0.3, 0.4) is 0 Å². The summed E-state index contributed by atoms with van der Waals surface area (Å²) in [4.78, 5) is 4.58. The molecule has 0 saturated heterocycles. The first-order chi connectivity index (χ1) is 17.3. The Balaban J connectivity index is 1.17. The second-order valence-corrected chi connectivity index (χ2v) is 9.15. The standard InChI is InChI=1S/C31H36N3O/c1-2-3-4-5-6-10-13-30-33-31(35-34-30)29-20-16-26(17-21-29)24-32-23-22-25-14-18-28(19-15-25)27-11-8-7-9-12-27/h7-9,11-12,14-21H,2-6,10,13,22-24H2,1H3. The van der Waals surface area contributed by atoms with E-state index < -0.39 is 0 Å². The highest BCUT2D eigenvalue weighted by molar-refractivity contribution is 5.63. The number of benzene rings is 3. The summed E-state index contributed by atoms with van der Waals surface area (Å²) in [6, 6.07) is 27.6.